The zero-order valence-corrected chi connectivity index (χ0v) is 7.91. The highest BCUT2D eigenvalue weighted by Gasteiger charge is 2.33. The van der Waals surface area contributed by atoms with Crippen LogP contribution in [0.3, 0.4) is 0 Å². The van der Waals surface area contributed by atoms with Gasteiger partial charge >= 0.3 is 0 Å². The number of halogens is 1. The maximum absolute atomic E-state index is 12.7. The van der Waals surface area contributed by atoms with Crippen molar-refractivity contribution in [1.82, 2.24) is 0 Å². The van der Waals surface area contributed by atoms with Gasteiger partial charge < -0.3 is 14.6 Å². The first-order valence-electron chi connectivity index (χ1n) is 4.79. The first-order chi connectivity index (χ1) is 6.24. The van der Waals surface area contributed by atoms with Gasteiger partial charge in [-0.2, -0.15) is 0 Å². The van der Waals surface area contributed by atoms with Gasteiger partial charge in [-0.05, 0) is 6.42 Å². The Morgan fingerprint density at radius 3 is 2.92 bits per heavy atom. The Bertz CT molecular complexity index is 133. The van der Waals surface area contributed by atoms with Crippen LogP contribution in [0.25, 0.3) is 0 Å². The summed E-state index contributed by atoms with van der Waals surface area (Å²) in [5, 5.41) is 8.92. The molecule has 0 bridgehead atoms. The van der Waals surface area contributed by atoms with E-state index in [-0.39, 0.29) is 12.5 Å². The molecule has 1 fully saturated rings. The van der Waals surface area contributed by atoms with Crippen molar-refractivity contribution >= 4 is 0 Å². The second-order valence-electron chi connectivity index (χ2n) is 3.33. The van der Waals surface area contributed by atoms with Crippen LogP contribution in [0.2, 0.25) is 0 Å². The highest BCUT2D eigenvalue weighted by atomic mass is 19.1. The van der Waals surface area contributed by atoms with Crippen LogP contribution in [-0.4, -0.2) is 36.9 Å². The van der Waals surface area contributed by atoms with Crippen LogP contribution in [0, 0.1) is 0 Å². The number of aliphatic hydroxyl groups is 1. The van der Waals surface area contributed by atoms with Crippen molar-refractivity contribution in [3.63, 3.8) is 0 Å². The van der Waals surface area contributed by atoms with Crippen LogP contribution < -0.4 is 0 Å². The van der Waals surface area contributed by atoms with E-state index in [4.69, 9.17) is 14.6 Å². The fraction of sp³-hybridized carbons (Fsp3) is 1.00. The molecule has 3 nitrogen and oxygen atoms in total. The highest BCUT2D eigenvalue weighted by Crippen LogP contribution is 2.21. The number of unbranched alkanes of at least 4 members (excludes halogenated alkanes) is 1. The molecular weight excluding hydrogens is 175 g/mol. The number of alkyl halides is 1. The van der Waals surface area contributed by atoms with E-state index in [9.17, 15) is 4.39 Å². The Hall–Kier alpha value is -0.190. The minimum Gasteiger partial charge on any atom is -0.379 e. The Morgan fingerprint density at radius 1 is 1.62 bits per heavy atom. The molecule has 0 amide bonds. The summed E-state index contributed by atoms with van der Waals surface area (Å²) in [6.07, 6.45) is -0.442. The van der Waals surface area contributed by atoms with Crippen LogP contribution in [0.15, 0.2) is 0 Å². The number of rotatable bonds is 5. The summed E-state index contributed by atoms with van der Waals surface area (Å²) in [5.41, 5.74) is 0. The molecule has 1 rings (SSSR count). The third-order valence-electron chi connectivity index (χ3n) is 2.08. The molecule has 78 valence electrons. The van der Waals surface area contributed by atoms with E-state index in [1.54, 1.807) is 0 Å². The van der Waals surface area contributed by atoms with E-state index in [1.807, 2.05) is 0 Å². The van der Waals surface area contributed by atoms with Gasteiger partial charge in [-0.15, -0.1) is 0 Å². The van der Waals surface area contributed by atoms with Crippen molar-refractivity contribution in [2.45, 2.75) is 44.8 Å². The lowest BCUT2D eigenvalue weighted by molar-refractivity contribution is -0.125. The summed E-state index contributed by atoms with van der Waals surface area (Å²) in [6, 6.07) is 0. The monoisotopic (exact) mass is 192 g/mol. The maximum atomic E-state index is 12.7. The van der Waals surface area contributed by atoms with E-state index in [1.165, 1.54) is 0 Å². The minimum absolute atomic E-state index is 0.243. The van der Waals surface area contributed by atoms with Crippen molar-refractivity contribution < 1.29 is 19.0 Å². The Balaban J connectivity index is 2.03. The SMILES string of the molecule is CCCCOC[C@@H]1CC(F)[C@H](O)O1. The fourth-order valence-corrected chi connectivity index (χ4v) is 1.27. The lowest BCUT2D eigenvalue weighted by atomic mass is 10.2. The Morgan fingerprint density at radius 2 is 2.38 bits per heavy atom. The molecule has 0 radical (unpaired) electrons. The van der Waals surface area contributed by atoms with Crippen LogP contribution >= 0.6 is 0 Å². The van der Waals surface area contributed by atoms with E-state index in [0.717, 1.165) is 12.8 Å². The van der Waals surface area contributed by atoms with Gasteiger partial charge in [0.25, 0.3) is 0 Å². The number of hydrogen-bond acceptors (Lipinski definition) is 3. The van der Waals surface area contributed by atoms with E-state index in [2.05, 4.69) is 6.92 Å². The van der Waals surface area contributed by atoms with Gasteiger partial charge in [-0.3, -0.25) is 0 Å². The zero-order valence-electron chi connectivity index (χ0n) is 7.91. The van der Waals surface area contributed by atoms with Crippen molar-refractivity contribution in [3.8, 4) is 0 Å². The molecule has 0 aromatic carbocycles. The van der Waals surface area contributed by atoms with Crippen molar-refractivity contribution in [2.24, 2.45) is 0 Å². The summed E-state index contributed by atoms with van der Waals surface area (Å²) in [5.74, 6) is 0. The third kappa shape index (κ3) is 3.58. The van der Waals surface area contributed by atoms with E-state index in [0.29, 0.717) is 13.2 Å². The van der Waals surface area contributed by atoms with Gasteiger partial charge in [0.1, 0.15) is 0 Å². The van der Waals surface area contributed by atoms with Gasteiger partial charge in [0.05, 0.1) is 12.7 Å². The molecule has 13 heavy (non-hydrogen) atoms. The predicted octanol–water partition coefficient (Wildman–Crippen LogP) is 1.25. The molecule has 1 aliphatic heterocycles. The smallest absolute Gasteiger partial charge is 0.186 e. The first kappa shape index (κ1) is 10.9. The molecule has 4 heteroatoms. The van der Waals surface area contributed by atoms with Gasteiger partial charge in [0.2, 0.25) is 0 Å². The lowest BCUT2D eigenvalue weighted by Gasteiger charge is -2.09. The number of hydrogen-bond donors (Lipinski definition) is 1. The van der Waals surface area contributed by atoms with Crippen LogP contribution in [-0.2, 0) is 9.47 Å². The van der Waals surface area contributed by atoms with E-state index >= 15 is 0 Å². The highest BCUT2D eigenvalue weighted by molar-refractivity contribution is 4.75. The predicted molar refractivity (Wildman–Crippen MR) is 46.1 cm³/mol. The second kappa shape index (κ2) is 5.52. The average molecular weight is 192 g/mol. The molecule has 1 N–H and O–H groups in total. The zero-order chi connectivity index (χ0) is 9.68. The largest absolute Gasteiger partial charge is 0.379 e. The normalized spacial score (nSPS) is 33.9. The summed E-state index contributed by atoms with van der Waals surface area (Å²) in [7, 11) is 0. The summed E-state index contributed by atoms with van der Waals surface area (Å²) in [6.45, 7) is 3.15. The molecule has 0 spiro atoms. The molecule has 0 aliphatic carbocycles. The van der Waals surface area contributed by atoms with Crippen LogP contribution in [0.1, 0.15) is 26.2 Å². The third-order valence-corrected chi connectivity index (χ3v) is 2.08. The second-order valence-corrected chi connectivity index (χ2v) is 3.33. The topological polar surface area (TPSA) is 38.7 Å². The molecule has 1 saturated heterocycles. The van der Waals surface area contributed by atoms with Crippen molar-refractivity contribution in [3.05, 3.63) is 0 Å². The van der Waals surface area contributed by atoms with Gasteiger partial charge in [-0.1, -0.05) is 13.3 Å². The van der Waals surface area contributed by atoms with Gasteiger partial charge in [0, 0.05) is 13.0 Å². The van der Waals surface area contributed by atoms with Crippen molar-refractivity contribution in [1.29, 1.82) is 0 Å². The van der Waals surface area contributed by atoms with Gasteiger partial charge in [-0.25, -0.2) is 4.39 Å². The standard InChI is InChI=1S/C9H17FO3/c1-2-3-4-12-6-7-5-8(10)9(11)13-7/h7-9,11H,2-6H2,1H3/t7-,8?,9+/m0/s1. The summed E-state index contributed by atoms with van der Waals surface area (Å²) < 4.78 is 22.9. The first-order valence-corrected chi connectivity index (χ1v) is 4.79. The van der Waals surface area contributed by atoms with Crippen molar-refractivity contribution in [2.75, 3.05) is 13.2 Å². The molecule has 0 saturated carbocycles. The lowest BCUT2D eigenvalue weighted by Crippen LogP contribution is -2.17. The number of aliphatic hydroxyl groups excluding tert-OH is 1. The molecule has 0 aromatic rings. The minimum atomic E-state index is -1.25. The Kier molecular flexibility index (Phi) is 4.62. The molecular formula is C9H17FO3. The van der Waals surface area contributed by atoms with Gasteiger partial charge in [0.15, 0.2) is 12.5 Å². The maximum Gasteiger partial charge on any atom is 0.186 e. The molecule has 0 aromatic heterocycles. The number of ether oxygens (including phenoxy) is 2. The average Bonchev–Trinajstić information content (AvgIpc) is 2.41. The molecule has 1 heterocycles. The fourth-order valence-electron chi connectivity index (χ4n) is 1.27. The summed E-state index contributed by atoms with van der Waals surface area (Å²) >= 11 is 0. The molecule has 3 atom stereocenters. The summed E-state index contributed by atoms with van der Waals surface area (Å²) in [4.78, 5) is 0. The van der Waals surface area contributed by atoms with E-state index < -0.39 is 12.5 Å². The quantitative estimate of drug-likeness (QED) is 0.666. The molecule has 1 aliphatic rings. The molecule has 1 unspecified atom stereocenters. The Labute approximate surface area is 77.8 Å². The van der Waals surface area contributed by atoms with Crippen LogP contribution in [0.4, 0.5) is 4.39 Å². The van der Waals surface area contributed by atoms with Crippen LogP contribution in [0.5, 0.6) is 0 Å².